The molecule has 0 fully saturated rings. The van der Waals surface area contributed by atoms with Crippen molar-refractivity contribution in [2.45, 2.75) is 283 Å². The van der Waals surface area contributed by atoms with E-state index < -0.39 is 91.5 Å². The second-order valence-electron chi connectivity index (χ2n) is 22.6. The smallest absolute Gasteiger partial charge is 0.463 e. The second kappa shape index (κ2) is 64.3. The lowest BCUT2D eigenvalue weighted by atomic mass is 10.1. The molecule has 0 aromatic carbocycles. The van der Waals surface area contributed by atoms with E-state index in [1.165, 1.54) is 44.9 Å². The van der Waals surface area contributed by atoms with E-state index in [-0.39, 0.29) is 19.3 Å². The van der Waals surface area contributed by atoms with Crippen LogP contribution in [0.15, 0.2) is 109 Å². The molecule has 5 atom stereocenters. The van der Waals surface area contributed by atoms with Gasteiger partial charge in [0.15, 0.2) is 6.10 Å². The Hall–Kier alpha value is -3.79. The minimum absolute atomic E-state index is 0.0825. The number of hydrogen-bond donors (Lipinski definition) is 4. The first-order valence-corrected chi connectivity index (χ1v) is 37.2. The lowest BCUT2D eigenvalue weighted by Crippen LogP contribution is -2.30. The van der Waals surface area contributed by atoms with Crippen LogP contribution in [0.5, 0.6) is 0 Å². The number of esters is 3. The normalized spacial score (nSPS) is 14.9. The van der Waals surface area contributed by atoms with Crippen LogP contribution in [-0.4, -0.2) is 95.9 Å². The number of allylic oxidation sites excluding steroid dienone is 18. The number of aliphatic hydroxyl groups excluding tert-OH is 2. The van der Waals surface area contributed by atoms with Crippen molar-refractivity contribution in [3.8, 4) is 0 Å². The molecular formula is C71H122O16P2. The molecule has 0 aliphatic carbocycles. The van der Waals surface area contributed by atoms with E-state index in [1.807, 2.05) is 0 Å². The zero-order chi connectivity index (χ0) is 65.3. The molecule has 0 heterocycles. The molecule has 0 saturated carbocycles. The summed E-state index contributed by atoms with van der Waals surface area (Å²) in [5, 5.41) is 20.5. The molecule has 0 aliphatic heterocycles. The zero-order valence-electron chi connectivity index (χ0n) is 55.3. The fourth-order valence-electron chi connectivity index (χ4n) is 8.71. The molecule has 0 aromatic heterocycles. The summed E-state index contributed by atoms with van der Waals surface area (Å²) in [4.78, 5) is 58.3. The number of carbonyl (C=O) groups excluding carboxylic acids is 3. The Balaban J connectivity index is 4.63. The average Bonchev–Trinajstić information content (AvgIpc) is 3.72. The fourth-order valence-corrected chi connectivity index (χ4v) is 10.3. The molecule has 0 bridgehead atoms. The van der Waals surface area contributed by atoms with E-state index in [0.717, 1.165) is 161 Å². The van der Waals surface area contributed by atoms with E-state index in [4.69, 9.17) is 32.3 Å². The van der Waals surface area contributed by atoms with Crippen molar-refractivity contribution in [2.75, 3.05) is 39.6 Å². The van der Waals surface area contributed by atoms with Gasteiger partial charge in [-0.1, -0.05) is 226 Å². The van der Waals surface area contributed by atoms with Crippen molar-refractivity contribution in [3.63, 3.8) is 0 Å². The van der Waals surface area contributed by atoms with Gasteiger partial charge in [0.05, 0.1) is 26.4 Å². The predicted octanol–water partition coefficient (Wildman–Crippen LogP) is 18.9. The van der Waals surface area contributed by atoms with E-state index >= 15 is 0 Å². The molecular weight excluding hydrogens is 1170 g/mol. The van der Waals surface area contributed by atoms with Crippen LogP contribution in [-0.2, 0) is 55.8 Å². The van der Waals surface area contributed by atoms with Gasteiger partial charge >= 0.3 is 33.6 Å². The van der Waals surface area contributed by atoms with Crippen molar-refractivity contribution in [1.29, 1.82) is 0 Å². The molecule has 0 radical (unpaired) electrons. The number of ether oxygens (including phenoxy) is 3. The number of phosphoric ester groups is 2. The zero-order valence-corrected chi connectivity index (χ0v) is 57.1. The topological polar surface area (TPSA) is 231 Å². The maximum absolute atomic E-state index is 12.9. The van der Waals surface area contributed by atoms with Gasteiger partial charge in [-0.05, 0) is 128 Å². The molecule has 89 heavy (non-hydrogen) atoms. The van der Waals surface area contributed by atoms with E-state index in [2.05, 4.69) is 130 Å². The quantitative estimate of drug-likeness (QED) is 0.0146. The highest BCUT2D eigenvalue weighted by molar-refractivity contribution is 7.47. The standard InChI is InChI=1S/C71H122O16P2/c1-4-7-10-13-16-19-22-25-28-29-30-31-32-33-34-35-38-40-42-45-48-51-54-57-69(74)81-60-66(72)61-83-88(77,78)84-62-67(73)63-85-89(79,80)86-65-68(87-71(76)59-56-53-50-47-44-41-37-27-24-21-18-15-12-9-6-3)64-82-70(75)58-55-52-49-46-43-39-36-26-23-20-17-14-11-8-5-2/h8,11,16-21,25-28,30-31,33-34,36-37,66-68,72-73H,4-7,9-10,12-15,22-24,29,32,35,38-65H2,1-3H3,(H,77,78)(H,79,80)/b11-8-,19-16-,20-17-,21-18-,28-25-,31-30-,34-33-,36-26-,37-27-. The van der Waals surface area contributed by atoms with Gasteiger partial charge in [-0.15, -0.1) is 0 Å². The lowest BCUT2D eigenvalue weighted by molar-refractivity contribution is -0.161. The SMILES string of the molecule is CC/C=C\C/C=C\C/C=C\CCCCCCCC(=O)OCC(COP(=O)(O)OCC(O)COP(=O)(O)OCC(O)COC(=O)CCCCCCCCC/C=C\C/C=C\C/C=C\C/C=C\CCCCC)OC(=O)CCCCCCC/C=C\C/C=C\CCCCC. The van der Waals surface area contributed by atoms with Crippen molar-refractivity contribution in [1.82, 2.24) is 0 Å². The monoisotopic (exact) mass is 1290 g/mol. The van der Waals surface area contributed by atoms with Gasteiger partial charge in [0.2, 0.25) is 0 Å². The minimum atomic E-state index is -4.93. The Morgan fingerprint density at radius 2 is 0.596 bits per heavy atom. The largest absolute Gasteiger partial charge is 0.472 e. The Morgan fingerprint density at radius 1 is 0.326 bits per heavy atom. The summed E-state index contributed by atoms with van der Waals surface area (Å²) in [5.74, 6) is -1.62. The highest BCUT2D eigenvalue weighted by Gasteiger charge is 2.29. The number of carbonyl (C=O) groups is 3. The Labute approximate surface area is 539 Å². The Bertz CT molecular complexity index is 2060. The van der Waals surface area contributed by atoms with Crippen LogP contribution >= 0.6 is 15.6 Å². The van der Waals surface area contributed by atoms with Crippen LogP contribution in [0.1, 0.15) is 265 Å². The van der Waals surface area contributed by atoms with Crippen molar-refractivity contribution < 1.29 is 75.8 Å². The lowest BCUT2D eigenvalue weighted by Gasteiger charge is -2.21. The van der Waals surface area contributed by atoms with Crippen LogP contribution in [0, 0.1) is 0 Å². The first kappa shape index (κ1) is 85.2. The summed E-state index contributed by atoms with van der Waals surface area (Å²) in [6.07, 6.45) is 71.4. The van der Waals surface area contributed by atoms with Crippen LogP contribution in [0.4, 0.5) is 0 Å². The van der Waals surface area contributed by atoms with Crippen LogP contribution in [0.2, 0.25) is 0 Å². The predicted molar refractivity (Wildman–Crippen MR) is 362 cm³/mol. The first-order chi connectivity index (χ1) is 43.2. The summed E-state index contributed by atoms with van der Waals surface area (Å²) in [5.41, 5.74) is 0. The van der Waals surface area contributed by atoms with E-state index in [0.29, 0.717) is 19.3 Å². The van der Waals surface area contributed by atoms with Crippen LogP contribution in [0.3, 0.4) is 0 Å². The van der Waals surface area contributed by atoms with Crippen molar-refractivity contribution in [3.05, 3.63) is 109 Å². The fraction of sp³-hybridized carbons (Fsp3) is 0.704. The maximum Gasteiger partial charge on any atom is 0.472 e. The molecule has 5 unspecified atom stereocenters. The first-order valence-electron chi connectivity index (χ1n) is 34.2. The third-order valence-corrected chi connectivity index (χ3v) is 15.9. The molecule has 16 nitrogen and oxygen atoms in total. The molecule has 0 spiro atoms. The third-order valence-electron chi connectivity index (χ3n) is 14.0. The van der Waals surface area contributed by atoms with Gasteiger partial charge < -0.3 is 34.2 Å². The average molecular weight is 1290 g/mol. The van der Waals surface area contributed by atoms with Crippen LogP contribution < -0.4 is 0 Å². The van der Waals surface area contributed by atoms with Crippen molar-refractivity contribution in [2.24, 2.45) is 0 Å². The van der Waals surface area contributed by atoms with E-state index in [1.54, 1.807) is 0 Å². The third kappa shape index (κ3) is 65.5. The highest BCUT2D eigenvalue weighted by Crippen LogP contribution is 2.45. The molecule has 0 amide bonds. The molecule has 0 saturated heterocycles. The number of unbranched alkanes of at least 4 members (excludes halogenated alkanes) is 23. The molecule has 512 valence electrons. The highest BCUT2D eigenvalue weighted by atomic mass is 31.2. The summed E-state index contributed by atoms with van der Waals surface area (Å²) >= 11 is 0. The minimum Gasteiger partial charge on any atom is -0.463 e. The summed E-state index contributed by atoms with van der Waals surface area (Å²) < 4.78 is 60.8. The maximum atomic E-state index is 12.9. The van der Waals surface area contributed by atoms with Gasteiger partial charge in [-0.2, -0.15) is 0 Å². The van der Waals surface area contributed by atoms with Gasteiger partial charge in [0.25, 0.3) is 0 Å². The van der Waals surface area contributed by atoms with E-state index in [9.17, 15) is 43.5 Å². The Morgan fingerprint density at radius 3 is 0.944 bits per heavy atom. The summed E-state index contributed by atoms with van der Waals surface area (Å²) in [7, 11) is -9.79. The molecule has 4 N–H and O–H groups in total. The molecule has 0 aliphatic rings. The van der Waals surface area contributed by atoms with Crippen LogP contribution in [0.25, 0.3) is 0 Å². The second-order valence-corrected chi connectivity index (χ2v) is 25.5. The van der Waals surface area contributed by atoms with Gasteiger partial charge in [-0.25, -0.2) is 9.13 Å². The van der Waals surface area contributed by atoms with Gasteiger partial charge in [-0.3, -0.25) is 32.5 Å². The molecule has 18 heteroatoms. The van der Waals surface area contributed by atoms with Gasteiger partial charge in [0, 0.05) is 19.3 Å². The number of aliphatic hydroxyl groups is 2. The summed E-state index contributed by atoms with van der Waals surface area (Å²) in [6.45, 7) is 2.44. The van der Waals surface area contributed by atoms with Crippen molar-refractivity contribution >= 4 is 33.6 Å². The molecule has 0 rings (SSSR count). The molecule has 0 aromatic rings. The number of phosphoric acid groups is 2. The number of rotatable bonds is 64. The summed E-state index contributed by atoms with van der Waals surface area (Å²) in [6, 6.07) is 0. The number of hydrogen-bond acceptors (Lipinski definition) is 14. The van der Waals surface area contributed by atoms with Gasteiger partial charge in [0.1, 0.15) is 25.4 Å². The Kier molecular flexibility index (Phi) is 61.6.